The third kappa shape index (κ3) is 2.71. The van der Waals surface area contributed by atoms with Gasteiger partial charge in [-0.2, -0.15) is 13.2 Å². The molecule has 0 bridgehead atoms. The third-order valence-corrected chi connectivity index (χ3v) is 5.34. The van der Waals surface area contributed by atoms with Crippen LogP contribution in [0.15, 0.2) is 35.6 Å². The maximum absolute atomic E-state index is 12.7. The molecule has 3 aromatic rings. The number of hydrogen-bond acceptors (Lipinski definition) is 4. The van der Waals surface area contributed by atoms with Crippen molar-refractivity contribution in [1.29, 1.82) is 0 Å². The Labute approximate surface area is 130 Å². The van der Waals surface area contributed by atoms with Crippen LogP contribution in [0.4, 0.5) is 13.2 Å². The molecule has 22 heavy (non-hydrogen) atoms. The Morgan fingerprint density at radius 2 is 2.14 bits per heavy atom. The molecule has 0 saturated heterocycles. The van der Waals surface area contributed by atoms with Gasteiger partial charge in [-0.25, -0.2) is 9.97 Å². The predicted molar refractivity (Wildman–Crippen MR) is 78.3 cm³/mol. The van der Waals surface area contributed by atoms with E-state index in [0.717, 1.165) is 6.20 Å². The summed E-state index contributed by atoms with van der Waals surface area (Å²) in [6.45, 7) is 1.79. The molecule has 116 valence electrons. The number of halogens is 3. The fraction of sp³-hybridized carbons (Fsp3) is 0.231. The molecular weight excluding hydrogens is 335 g/mol. The molecule has 1 atom stereocenters. The smallest absolute Gasteiger partial charge is 0.427 e. The van der Waals surface area contributed by atoms with Crippen LogP contribution in [0, 0.1) is 0 Å². The van der Waals surface area contributed by atoms with Gasteiger partial charge in [0.25, 0.3) is 0 Å². The maximum Gasteiger partial charge on any atom is 0.427 e. The molecule has 0 radical (unpaired) electrons. The van der Waals surface area contributed by atoms with Crippen molar-refractivity contribution in [1.82, 2.24) is 14.4 Å². The van der Waals surface area contributed by atoms with Gasteiger partial charge >= 0.3 is 6.18 Å². The van der Waals surface area contributed by atoms with Gasteiger partial charge in [0.05, 0.1) is 0 Å². The Kier molecular flexibility index (Phi) is 3.87. The fourth-order valence-corrected chi connectivity index (χ4v) is 3.71. The highest BCUT2D eigenvalue weighted by Crippen LogP contribution is 2.36. The predicted octanol–water partition coefficient (Wildman–Crippen LogP) is 3.60. The molecule has 3 aromatic heterocycles. The number of imidazole rings is 1. The van der Waals surface area contributed by atoms with E-state index in [0.29, 0.717) is 33.4 Å². The van der Waals surface area contributed by atoms with Crippen molar-refractivity contribution in [3.63, 3.8) is 0 Å². The van der Waals surface area contributed by atoms with Gasteiger partial charge in [-0.1, -0.05) is 11.3 Å². The van der Waals surface area contributed by atoms with Crippen molar-refractivity contribution in [3.8, 4) is 11.4 Å². The van der Waals surface area contributed by atoms with Crippen molar-refractivity contribution < 1.29 is 17.7 Å². The van der Waals surface area contributed by atoms with Gasteiger partial charge < -0.3 is 4.55 Å². The quantitative estimate of drug-likeness (QED) is 0.682. The van der Waals surface area contributed by atoms with Crippen molar-refractivity contribution in [2.45, 2.75) is 18.0 Å². The van der Waals surface area contributed by atoms with E-state index in [1.165, 1.54) is 10.6 Å². The molecule has 1 unspecified atom stereocenters. The molecule has 0 aliphatic heterocycles. The molecule has 0 aliphatic rings. The lowest BCUT2D eigenvalue weighted by molar-refractivity contribution is -0.134. The summed E-state index contributed by atoms with van der Waals surface area (Å²) in [5, 5.41) is 0. The maximum atomic E-state index is 12.7. The van der Waals surface area contributed by atoms with Gasteiger partial charge in [0.15, 0.2) is 9.86 Å². The van der Waals surface area contributed by atoms with E-state index in [2.05, 4.69) is 9.97 Å². The first-order valence-electron chi connectivity index (χ1n) is 6.29. The largest absolute Gasteiger partial charge is 0.611 e. The molecule has 0 aromatic carbocycles. The Balaban J connectivity index is 2.07. The molecule has 9 heteroatoms. The van der Waals surface area contributed by atoms with E-state index < -0.39 is 22.2 Å². The summed E-state index contributed by atoms with van der Waals surface area (Å²) >= 11 is -0.656. The van der Waals surface area contributed by atoms with Gasteiger partial charge in [-0.05, 0) is 30.2 Å². The first-order valence-corrected chi connectivity index (χ1v) is 8.43. The number of aromatic nitrogens is 3. The van der Waals surface area contributed by atoms with E-state index in [9.17, 15) is 17.7 Å². The van der Waals surface area contributed by atoms with Gasteiger partial charge in [-0.3, -0.25) is 4.40 Å². The van der Waals surface area contributed by atoms with Crippen molar-refractivity contribution in [2.24, 2.45) is 0 Å². The van der Waals surface area contributed by atoms with Crippen molar-refractivity contribution in [3.05, 3.63) is 35.6 Å². The van der Waals surface area contributed by atoms with Crippen LogP contribution in [0.5, 0.6) is 0 Å². The zero-order valence-corrected chi connectivity index (χ0v) is 12.9. The van der Waals surface area contributed by atoms with Crippen LogP contribution in [-0.2, 0) is 17.4 Å². The SMILES string of the molecule is CC[S+]([O-])c1cccnc1-c1cn2cc(C(F)(F)F)sc2n1. The Bertz CT molecular complexity index is 781. The second-order valence-electron chi connectivity index (χ2n) is 4.39. The lowest BCUT2D eigenvalue weighted by Gasteiger charge is -2.09. The average molecular weight is 345 g/mol. The van der Waals surface area contributed by atoms with Crippen LogP contribution in [-0.4, -0.2) is 24.7 Å². The highest BCUT2D eigenvalue weighted by molar-refractivity contribution is 7.91. The molecule has 0 N–H and O–H groups in total. The summed E-state index contributed by atoms with van der Waals surface area (Å²) in [4.78, 5) is 8.41. The normalized spacial score (nSPS) is 13.7. The second-order valence-corrected chi connectivity index (χ2v) is 7.11. The molecule has 0 aliphatic carbocycles. The number of nitrogens with zero attached hydrogens (tertiary/aromatic N) is 3. The third-order valence-electron chi connectivity index (χ3n) is 2.96. The van der Waals surface area contributed by atoms with E-state index in [1.54, 1.807) is 25.3 Å². The van der Waals surface area contributed by atoms with Crippen LogP contribution in [0.1, 0.15) is 11.8 Å². The second kappa shape index (κ2) is 5.56. The lowest BCUT2D eigenvalue weighted by Crippen LogP contribution is -2.06. The monoisotopic (exact) mass is 345 g/mol. The fourth-order valence-electron chi connectivity index (χ4n) is 1.96. The first-order chi connectivity index (χ1) is 10.4. The van der Waals surface area contributed by atoms with Crippen LogP contribution in [0.2, 0.25) is 0 Å². The number of hydrogen-bond donors (Lipinski definition) is 0. The molecule has 3 rings (SSSR count). The number of pyridine rings is 1. The van der Waals surface area contributed by atoms with Gasteiger partial charge in [0, 0.05) is 18.6 Å². The van der Waals surface area contributed by atoms with E-state index >= 15 is 0 Å². The number of alkyl halides is 3. The lowest BCUT2D eigenvalue weighted by atomic mass is 10.3. The number of fused-ring (bicyclic) bond motifs is 1. The van der Waals surface area contributed by atoms with Crippen LogP contribution in [0.3, 0.4) is 0 Å². The summed E-state index contributed by atoms with van der Waals surface area (Å²) in [6, 6.07) is 3.36. The first kappa shape index (κ1) is 15.3. The van der Waals surface area contributed by atoms with Crippen molar-refractivity contribution >= 4 is 27.5 Å². The van der Waals surface area contributed by atoms with Gasteiger partial charge in [-0.15, -0.1) is 0 Å². The van der Waals surface area contributed by atoms with E-state index in [1.807, 2.05) is 0 Å². The van der Waals surface area contributed by atoms with Crippen LogP contribution in [0.25, 0.3) is 16.3 Å². The van der Waals surface area contributed by atoms with Gasteiger partial charge in [0.1, 0.15) is 22.0 Å². The number of rotatable bonds is 3. The summed E-state index contributed by atoms with van der Waals surface area (Å²) in [5.41, 5.74) is 0.851. The molecule has 0 amide bonds. The Morgan fingerprint density at radius 3 is 2.77 bits per heavy atom. The molecular formula is C13H10F3N3OS2. The van der Waals surface area contributed by atoms with E-state index in [4.69, 9.17) is 0 Å². The minimum atomic E-state index is -4.38. The van der Waals surface area contributed by atoms with Crippen molar-refractivity contribution in [2.75, 3.05) is 5.75 Å². The highest BCUT2D eigenvalue weighted by Gasteiger charge is 2.33. The summed E-state index contributed by atoms with van der Waals surface area (Å²) in [5.74, 6) is 0.430. The molecule has 3 heterocycles. The summed E-state index contributed by atoms with van der Waals surface area (Å²) < 4.78 is 51.3. The summed E-state index contributed by atoms with van der Waals surface area (Å²) in [7, 11) is 0. The standard InChI is InChI=1S/C13H10F3N3OS2/c1-2-22(20)9-4-3-5-17-11(9)8-6-19-7-10(13(14,15)16)21-12(19)18-8/h3-7H,2H2,1H3. The zero-order valence-electron chi connectivity index (χ0n) is 11.3. The zero-order chi connectivity index (χ0) is 15.9. The molecule has 0 saturated carbocycles. The molecule has 0 fully saturated rings. The average Bonchev–Trinajstić information content (AvgIpc) is 3.04. The van der Waals surface area contributed by atoms with Crippen LogP contribution < -0.4 is 0 Å². The molecule has 4 nitrogen and oxygen atoms in total. The highest BCUT2D eigenvalue weighted by atomic mass is 32.2. The summed E-state index contributed by atoms with van der Waals surface area (Å²) in [6.07, 6.45) is -0.374. The minimum absolute atomic E-state index is 0.223. The Hall–Kier alpha value is -1.58. The van der Waals surface area contributed by atoms with E-state index in [-0.39, 0.29) is 4.96 Å². The minimum Gasteiger partial charge on any atom is -0.611 e. The molecule has 0 spiro atoms. The van der Waals surface area contributed by atoms with Crippen LogP contribution >= 0.6 is 11.3 Å². The topological polar surface area (TPSA) is 53.2 Å². The van der Waals surface area contributed by atoms with Gasteiger partial charge in [0.2, 0.25) is 0 Å². The number of thiazole rings is 1. The Morgan fingerprint density at radius 1 is 1.36 bits per heavy atom.